The molecule has 0 unspecified atom stereocenters. The summed E-state index contributed by atoms with van der Waals surface area (Å²) in [5.74, 6) is 0. The summed E-state index contributed by atoms with van der Waals surface area (Å²) < 4.78 is 0. The highest BCUT2D eigenvalue weighted by Gasteiger charge is 2.09. The number of aldehydes is 1. The van der Waals surface area contributed by atoms with E-state index < -0.39 is 0 Å². The van der Waals surface area contributed by atoms with Crippen molar-refractivity contribution < 1.29 is 9.90 Å². The fourth-order valence-electron chi connectivity index (χ4n) is 2.49. The van der Waals surface area contributed by atoms with E-state index in [0.717, 1.165) is 33.4 Å². The molecule has 0 spiro atoms. The van der Waals surface area contributed by atoms with Crippen molar-refractivity contribution in [3.63, 3.8) is 0 Å². The van der Waals surface area contributed by atoms with Gasteiger partial charge in [0.2, 0.25) is 0 Å². The molecular formula is C16H12O2. The highest BCUT2D eigenvalue weighted by molar-refractivity contribution is 6.13. The van der Waals surface area contributed by atoms with E-state index in [1.54, 1.807) is 0 Å². The summed E-state index contributed by atoms with van der Waals surface area (Å²) in [7, 11) is 0. The van der Waals surface area contributed by atoms with Crippen molar-refractivity contribution in [3.8, 4) is 0 Å². The van der Waals surface area contributed by atoms with Crippen LogP contribution in [0.5, 0.6) is 0 Å². The largest absolute Gasteiger partial charge is 0.392 e. The van der Waals surface area contributed by atoms with Crippen LogP contribution in [0.15, 0.2) is 48.5 Å². The fourth-order valence-corrected chi connectivity index (χ4v) is 2.49. The molecule has 18 heavy (non-hydrogen) atoms. The molecular weight excluding hydrogens is 224 g/mol. The molecule has 0 heterocycles. The molecule has 0 bridgehead atoms. The number of aliphatic hydroxyl groups is 1. The summed E-state index contributed by atoms with van der Waals surface area (Å²) in [6.45, 7) is -0.0590. The maximum Gasteiger partial charge on any atom is 0.151 e. The van der Waals surface area contributed by atoms with Gasteiger partial charge < -0.3 is 5.11 Å². The molecule has 0 saturated carbocycles. The van der Waals surface area contributed by atoms with E-state index in [4.69, 9.17) is 0 Å². The molecule has 2 heteroatoms. The number of carbonyl (C=O) groups is 1. The fraction of sp³-hybridized carbons (Fsp3) is 0.0625. The Morgan fingerprint density at radius 3 is 2.56 bits per heavy atom. The molecule has 3 aromatic carbocycles. The summed E-state index contributed by atoms with van der Waals surface area (Å²) in [4.78, 5) is 11.4. The van der Waals surface area contributed by atoms with Crippen LogP contribution in [0, 0.1) is 0 Å². The average molecular weight is 236 g/mol. The van der Waals surface area contributed by atoms with Crippen LogP contribution in [0.3, 0.4) is 0 Å². The van der Waals surface area contributed by atoms with Gasteiger partial charge in [-0.1, -0.05) is 42.5 Å². The van der Waals surface area contributed by atoms with Crippen LogP contribution < -0.4 is 0 Å². The predicted molar refractivity (Wildman–Crippen MR) is 72.8 cm³/mol. The molecule has 0 fully saturated rings. The molecule has 1 N–H and O–H groups in total. The van der Waals surface area contributed by atoms with Gasteiger partial charge in [0.25, 0.3) is 0 Å². The molecule has 0 aromatic heterocycles. The second-order valence-electron chi connectivity index (χ2n) is 4.30. The van der Waals surface area contributed by atoms with Crippen LogP contribution in [-0.4, -0.2) is 11.4 Å². The number of rotatable bonds is 2. The molecule has 0 amide bonds. The lowest BCUT2D eigenvalue weighted by Crippen LogP contribution is -1.93. The van der Waals surface area contributed by atoms with Crippen molar-refractivity contribution in [1.82, 2.24) is 0 Å². The van der Waals surface area contributed by atoms with E-state index in [9.17, 15) is 9.90 Å². The maximum absolute atomic E-state index is 11.4. The van der Waals surface area contributed by atoms with Crippen LogP contribution in [0.1, 0.15) is 15.9 Å². The third-order valence-electron chi connectivity index (χ3n) is 3.30. The zero-order valence-electron chi connectivity index (χ0n) is 9.76. The number of fused-ring (bicyclic) bond motifs is 2. The zero-order valence-corrected chi connectivity index (χ0v) is 9.76. The molecule has 0 aliphatic heterocycles. The third-order valence-corrected chi connectivity index (χ3v) is 3.30. The van der Waals surface area contributed by atoms with Crippen LogP contribution in [0.2, 0.25) is 0 Å². The molecule has 88 valence electrons. The normalized spacial score (nSPS) is 10.9. The lowest BCUT2D eigenvalue weighted by Gasteiger charge is -2.10. The lowest BCUT2D eigenvalue weighted by molar-refractivity contribution is 0.112. The van der Waals surface area contributed by atoms with Gasteiger partial charge in [0.05, 0.1) is 6.61 Å². The first-order chi connectivity index (χ1) is 8.85. The Morgan fingerprint density at radius 2 is 1.78 bits per heavy atom. The van der Waals surface area contributed by atoms with Gasteiger partial charge in [-0.25, -0.2) is 0 Å². The van der Waals surface area contributed by atoms with Crippen molar-refractivity contribution in [3.05, 3.63) is 59.7 Å². The van der Waals surface area contributed by atoms with Gasteiger partial charge >= 0.3 is 0 Å². The van der Waals surface area contributed by atoms with E-state index in [1.807, 2.05) is 42.5 Å². The monoisotopic (exact) mass is 236 g/mol. The molecule has 2 nitrogen and oxygen atoms in total. The standard InChI is InChI=1S/C16H12O2/c17-9-13-6-3-5-12-8-11-4-1-2-7-14(11)15(10-18)16(12)13/h1-8,10,17H,9H2. The first-order valence-electron chi connectivity index (χ1n) is 5.84. The van der Waals surface area contributed by atoms with E-state index in [2.05, 4.69) is 6.07 Å². The second kappa shape index (κ2) is 4.24. The molecule has 0 aliphatic carbocycles. The number of hydrogen-bond acceptors (Lipinski definition) is 2. The SMILES string of the molecule is O=Cc1c2ccccc2cc2cccc(CO)c12. The lowest BCUT2D eigenvalue weighted by atomic mass is 9.94. The van der Waals surface area contributed by atoms with Gasteiger partial charge in [-0.05, 0) is 33.2 Å². The molecule has 0 atom stereocenters. The van der Waals surface area contributed by atoms with Crippen LogP contribution >= 0.6 is 0 Å². The second-order valence-corrected chi connectivity index (χ2v) is 4.30. The van der Waals surface area contributed by atoms with E-state index in [0.29, 0.717) is 5.56 Å². The van der Waals surface area contributed by atoms with Crippen LogP contribution in [0.25, 0.3) is 21.5 Å². The molecule has 3 rings (SSSR count). The summed E-state index contributed by atoms with van der Waals surface area (Å²) >= 11 is 0. The Balaban J connectivity index is 2.59. The first-order valence-corrected chi connectivity index (χ1v) is 5.84. The van der Waals surface area contributed by atoms with Crippen molar-refractivity contribution in [2.45, 2.75) is 6.61 Å². The smallest absolute Gasteiger partial charge is 0.151 e. The van der Waals surface area contributed by atoms with Crippen molar-refractivity contribution in [2.75, 3.05) is 0 Å². The minimum absolute atomic E-state index is 0.0590. The number of benzene rings is 3. The highest BCUT2D eigenvalue weighted by Crippen LogP contribution is 2.29. The maximum atomic E-state index is 11.4. The number of aliphatic hydroxyl groups excluding tert-OH is 1. The summed E-state index contributed by atoms with van der Waals surface area (Å²) in [6, 6.07) is 15.6. The highest BCUT2D eigenvalue weighted by atomic mass is 16.3. The summed E-state index contributed by atoms with van der Waals surface area (Å²) in [5, 5.41) is 13.2. The Kier molecular flexibility index (Phi) is 2.58. The number of carbonyl (C=O) groups excluding carboxylic acids is 1. The zero-order chi connectivity index (χ0) is 12.5. The Bertz CT molecular complexity index is 745. The van der Waals surface area contributed by atoms with Gasteiger partial charge in [-0.2, -0.15) is 0 Å². The Labute approximate surface area is 104 Å². The Morgan fingerprint density at radius 1 is 1.00 bits per heavy atom. The van der Waals surface area contributed by atoms with Crippen LogP contribution in [-0.2, 0) is 6.61 Å². The summed E-state index contributed by atoms with van der Waals surface area (Å²) in [6.07, 6.45) is 0.879. The average Bonchev–Trinajstić information content (AvgIpc) is 2.44. The first kappa shape index (κ1) is 10.9. The molecule has 0 radical (unpaired) electrons. The number of hydrogen-bond donors (Lipinski definition) is 1. The minimum atomic E-state index is -0.0590. The molecule has 0 saturated heterocycles. The van der Waals surface area contributed by atoms with E-state index in [-0.39, 0.29) is 6.61 Å². The van der Waals surface area contributed by atoms with Gasteiger partial charge in [0, 0.05) is 5.56 Å². The molecule has 0 aliphatic rings. The van der Waals surface area contributed by atoms with Crippen LogP contribution in [0.4, 0.5) is 0 Å². The van der Waals surface area contributed by atoms with Gasteiger partial charge in [0.15, 0.2) is 6.29 Å². The molecule has 3 aromatic rings. The third kappa shape index (κ3) is 1.50. The van der Waals surface area contributed by atoms with Gasteiger partial charge in [0.1, 0.15) is 0 Å². The quantitative estimate of drug-likeness (QED) is 0.547. The van der Waals surface area contributed by atoms with E-state index >= 15 is 0 Å². The summed E-state index contributed by atoms with van der Waals surface area (Å²) in [5.41, 5.74) is 1.45. The van der Waals surface area contributed by atoms with Crippen molar-refractivity contribution >= 4 is 27.8 Å². The topological polar surface area (TPSA) is 37.3 Å². The Hall–Kier alpha value is -2.19. The predicted octanol–water partition coefficient (Wildman–Crippen LogP) is 3.30. The van der Waals surface area contributed by atoms with Gasteiger partial charge in [-0.3, -0.25) is 4.79 Å². The van der Waals surface area contributed by atoms with Crippen molar-refractivity contribution in [2.24, 2.45) is 0 Å². The minimum Gasteiger partial charge on any atom is -0.392 e. The van der Waals surface area contributed by atoms with Gasteiger partial charge in [-0.15, -0.1) is 0 Å². The van der Waals surface area contributed by atoms with E-state index in [1.165, 1.54) is 0 Å². The van der Waals surface area contributed by atoms with Crippen molar-refractivity contribution in [1.29, 1.82) is 0 Å².